The maximum Gasteiger partial charge on any atom is 0.322 e. The highest BCUT2D eigenvalue weighted by Gasteiger charge is 2.23. The van der Waals surface area contributed by atoms with Crippen molar-refractivity contribution in [3.63, 3.8) is 0 Å². The molecule has 1 amide bonds. The fourth-order valence-electron chi connectivity index (χ4n) is 4.88. The van der Waals surface area contributed by atoms with Crippen molar-refractivity contribution in [1.82, 2.24) is 15.3 Å². The second kappa shape index (κ2) is 12.7. The van der Waals surface area contributed by atoms with Crippen LogP contribution in [0.15, 0.2) is 48.5 Å². The van der Waals surface area contributed by atoms with Gasteiger partial charge in [0.2, 0.25) is 0 Å². The van der Waals surface area contributed by atoms with Crippen LogP contribution in [0.4, 0.5) is 5.69 Å². The van der Waals surface area contributed by atoms with Gasteiger partial charge in [0.15, 0.2) is 11.4 Å². The molecule has 206 valence electrons. The Hall–Kier alpha value is -3.98. The first-order valence-electron chi connectivity index (χ1n) is 13.4. The minimum absolute atomic E-state index is 0.190. The lowest BCUT2D eigenvalue weighted by Crippen LogP contribution is -2.34. The number of aliphatic hydroxyl groups excluding tert-OH is 1. The minimum Gasteiger partial charge on any atom is -0.504 e. The topological polar surface area (TPSA) is 136 Å². The Morgan fingerprint density at radius 1 is 1.03 bits per heavy atom. The van der Waals surface area contributed by atoms with Gasteiger partial charge in [-0.05, 0) is 67.3 Å². The van der Waals surface area contributed by atoms with Gasteiger partial charge in [0.1, 0.15) is 12.4 Å². The van der Waals surface area contributed by atoms with Crippen molar-refractivity contribution in [2.75, 3.05) is 24.5 Å². The number of anilines is 1. The van der Waals surface area contributed by atoms with Crippen LogP contribution in [0.1, 0.15) is 53.8 Å². The van der Waals surface area contributed by atoms with Gasteiger partial charge in [-0.15, -0.1) is 0 Å². The molecule has 2 aromatic carbocycles. The van der Waals surface area contributed by atoms with Gasteiger partial charge in [0, 0.05) is 25.2 Å². The average Bonchev–Trinajstić information content (AvgIpc) is 2.94. The quantitative estimate of drug-likeness (QED) is 0.310. The predicted molar refractivity (Wildman–Crippen MR) is 149 cm³/mol. The third-order valence-electron chi connectivity index (χ3n) is 7.27. The van der Waals surface area contributed by atoms with E-state index in [0.717, 1.165) is 49.0 Å². The summed E-state index contributed by atoms with van der Waals surface area (Å²) in [6.07, 6.45) is 3.59. The number of benzene rings is 2. The van der Waals surface area contributed by atoms with E-state index in [0.29, 0.717) is 30.3 Å². The first-order chi connectivity index (χ1) is 18.7. The minimum atomic E-state index is -1.17. The van der Waals surface area contributed by atoms with E-state index in [4.69, 9.17) is 5.11 Å². The fourth-order valence-corrected chi connectivity index (χ4v) is 4.88. The number of nitrogens with one attached hydrogen (secondary N) is 1. The molecule has 4 rings (SSSR count). The van der Waals surface area contributed by atoms with Crippen LogP contribution in [0.2, 0.25) is 0 Å². The number of piperidine rings is 1. The highest BCUT2D eigenvalue weighted by molar-refractivity contribution is 5.96. The predicted octanol–water partition coefficient (Wildman–Crippen LogP) is 3.74. The van der Waals surface area contributed by atoms with Gasteiger partial charge in [0.05, 0.1) is 11.8 Å². The maximum absolute atomic E-state index is 12.3. The van der Waals surface area contributed by atoms with Crippen LogP contribution < -0.4 is 10.2 Å². The molecule has 1 aliphatic heterocycles. The molecule has 9 nitrogen and oxygen atoms in total. The average molecular weight is 533 g/mol. The van der Waals surface area contributed by atoms with E-state index in [9.17, 15) is 19.8 Å². The number of carboxylic acid groups (broad SMARTS) is 1. The van der Waals surface area contributed by atoms with E-state index in [1.807, 2.05) is 6.92 Å². The number of aromatic hydroxyl groups is 1. The summed E-state index contributed by atoms with van der Waals surface area (Å²) in [5, 5.41) is 31.1. The summed E-state index contributed by atoms with van der Waals surface area (Å²) < 4.78 is 0. The largest absolute Gasteiger partial charge is 0.504 e. The Morgan fingerprint density at radius 2 is 1.64 bits per heavy atom. The van der Waals surface area contributed by atoms with Crippen LogP contribution >= 0.6 is 0 Å². The van der Waals surface area contributed by atoms with Crippen molar-refractivity contribution in [2.24, 2.45) is 5.92 Å². The van der Waals surface area contributed by atoms with Gasteiger partial charge in [-0.1, -0.05) is 43.3 Å². The number of amides is 1. The number of carbonyl (C=O) groups is 2. The molecule has 9 heteroatoms. The van der Waals surface area contributed by atoms with Crippen molar-refractivity contribution < 1.29 is 24.9 Å². The molecule has 0 bridgehead atoms. The second-order valence-electron chi connectivity index (χ2n) is 10.1. The van der Waals surface area contributed by atoms with Crippen LogP contribution in [0.25, 0.3) is 11.1 Å². The first-order valence-corrected chi connectivity index (χ1v) is 13.4. The molecule has 1 atom stereocenters. The molecular formula is C30H36N4O5. The van der Waals surface area contributed by atoms with E-state index in [1.54, 1.807) is 6.92 Å². The third kappa shape index (κ3) is 7.32. The summed E-state index contributed by atoms with van der Waals surface area (Å²) in [7, 11) is 0. The van der Waals surface area contributed by atoms with E-state index in [-0.39, 0.29) is 17.5 Å². The molecule has 4 N–H and O–H groups in total. The fraction of sp³-hybridized carbons (Fsp3) is 0.400. The number of aliphatic carboxylic acids is 1. The van der Waals surface area contributed by atoms with E-state index in [1.165, 1.54) is 5.69 Å². The maximum atomic E-state index is 12.3. The van der Waals surface area contributed by atoms with Gasteiger partial charge < -0.3 is 25.5 Å². The molecule has 0 aliphatic carbocycles. The Bertz CT molecular complexity index is 1290. The lowest BCUT2D eigenvalue weighted by atomic mass is 9.92. The van der Waals surface area contributed by atoms with Crippen LogP contribution in [0.5, 0.6) is 5.75 Å². The summed E-state index contributed by atoms with van der Waals surface area (Å²) >= 11 is 0. The molecule has 0 radical (unpaired) electrons. The Labute approximate surface area is 228 Å². The Kier molecular flexibility index (Phi) is 9.14. The van der Waals surface area contributed by atoms with Gasteiger partial charge in [0.25, 0.3) is 5.91 Å². The third-order valence-corrected chi connectivity index (χ3v) is 7.27. The summed E-state index contributed by atoms with van der Waals surface area (Å²) in [5.41, 5.74) is 4.72. The molecule has 1 fully saturated rings. The number of aryl methyl sites for hydroxylation is 1. The number of carboxylic acids is 1. The van der Waals surface area contributed by atoms with Crippen LogP contribution in [0, 0.1) is 12.8 Å². The Morgan fingerprint density at radius 3 is 2.23 bits per heavy atom. The van der Waals surface area contributed by atoms with Gasteiger partial charge in [-0.25, -0.2) is 9.97 Å². The van der Waals surface area contributed by atoms with Crippen molar-refractivity contribution in [1.29, 1.82) is 0 Å². The summed E-state index contributed by atoms with van der Waals surface area (Å²) in [6, 6.07) is 17.0. The first kappa shape index (κ1) is 28.0. The zero-order valence-corrected chi connectivity index (χ0v) is 22.4. The Balaban J connectivity index is 1.33. The van der Waals surface area contributed by atoms with Crippen molar-refractivity contribution in [2.45, 2.75) is 52.1 Å². The van der Waals surface area contributed by atoms with Gasteiger partial charge >= 0.3 is 5.97 Å². The molecule has 1 aliphatic rings. The molecule has 1 saturated heterocycles. The van der Waals surface area contributed by atoms with Gasteiger partial charge in [-0.2, -0.15) is 0 Å². The summed E-state index contributed by atoms with van der Waals surface area (Å²) in [5.74, 6) is -1.42. The molecule has 1 aromatic heterocycles. The number of rotatable bonds is 10. The summed E-state index contributed by atoms with van der Waals surface area (Å²) in [4.78, 5) is 34.0. The molecule has 1 unspecified atom stereocenters. The van der Waals surface area contributed by atoms with E-state index >= 15 is 0 Å². The van der Waals surface area contributed by atoms with Crippen LogP contribution in [0.3, 0.4) is 0 Å². The van der Waals surface area contributed by atoms with E-state index in [2.05, 4.69) is 68.7 Å². The second-order valence-corrected chi connectivity index (χ2v) is 10.1. The number of aromatic nitrogens is 2. The number of hydrogen-bond acceptors (Lipinski definition) is 7. The molecule has 39 heavy (non-hydrogen) atoms. The lowest BCUT2D eigenvalue weighted by Gasteiger charge is -2.33. The lowest BCUT2D eigenvalue weighted by molar-refractivity contribution is -0.135. The van der Waals surface area contributed by atoms with Crippen molar-refractivity contribution in [3.05, 3.63) is 71.3 Å². The monoisotopic (exact) mass is 532 g/mol. The molecule has 3 aromatic rings. The zero-order chi connectivity index (χ0) is 27.9. The zero-order valence-electron chi connectivity index (χ0n) is 22.4. The number of nitrogens with zero attached hydrogens (tertiary/aromatic N) is 3. The standard InChI is InChI=1S/C30H36N4O5/c1-3-25(35)16-20-4-6-22(7-5-20)23-8-10-24(11-9-23)34-14-12-21(13-15-34)17-26-32-19(2)29(38)28(33-26)30(39)31-18-27(36)37/h4-11,21,25,35,38H,3,12-18H2,1-2H3,(H,31,39)(H,36,37). The molecular weight excluding hydrogens is 496 g/mol. The molecule has 0 spiro atoms. The normalized spacial score (nSPS) is 14.7. The molecule has 0 saturated carbocycles. The van der Waals surface area contributed by atoms with Crippen molar-refractivity contribution >= 4 is 17.6 Å². The number of carbonyl (C=O) groups excluding carboxylic acids is 1. The highest BCUT2D eigenvalue weighted by atomic mass is 16.4. The SMILES string of the molecule is CCC(O)Cc1ccc(-c2ccc(N3CCC(Cc4nc(C)c(O)c(C(=O)NCC(=O)O)n4)CC3)cc2)cc1. The smallest absolute Gasteiger partial charge is 0.322 e. The van der Waals surface area contributed by atoms with E-state index < -0.39 is 18.4 Å². The van der Waals surface area contributed by atoms with Gasteiger partial charge in [-0.3, -0.25) is 9.59 Å². The highest BCUT2D eigenvalue weighted by Crippen LogP contribution is 2.29. The van der Waals surface area contributed by atoms with Crippen molar-refractivity contribution in [3.8, 4) is 16.9 Å². The van der Waals surface area contributed by atoms with Crippen LogP contribution in [-0.4, -0.2) is 62.9 Å². The number of hydrogen-bond donors (Lipinski definition) is 4. The molecule has 2 heterocycles. The van der Waals surface area contributed by atoms with Crippen LogP contribution in [-0.2, 0) is 17.6 Å². The number of aliphatic hydroxyl groups is 1. The summed E-state index contributed by atoms with van der Waals surface area (Å²) in [6.45, 7) is 4.82.